The first-order chi connectivity index (χ1) is 52.8. The van der Waals surface area contributed by atoms with Crippen molar-refractivity contribution in [2.24, 2.45) is 23.5 Å². The SMILES string of the molecule is Cc1ncsc1-c1ccc([C@H](C)NC(=O)[C@@H]2C[C@@H](O)CN2C(=O)[C@@H](c2cc(OCCN3CCC(CN4CCN5c6cc(-c7ccccc7O)nnc6N(C(=O)OCc6ccc(NC(=O)[C@H](CCCNC(N)=O)NC(=O)[C@@H](NC(=O)CCCCCN7C(=O)C(Br)=C(Br)C7=O)C(C)C)cc6)C[C@H]5C4)CC3)no2)C(C)C)cc1. The molecule has 588 valence electrons. The minimum Gasteiger partial charge on any atom is -0.507 e. The van der Waals surface area contributed by atoms with Crippen molar-refractivity contribution in [2.45, 2.75) is 148 Å². The lowest BCUT2D eigenvalue weighted by atomic mass is 9.91. The van der Waals surface area contributed by atoms with E-state index in [1.54, 1.807) is 79.8 Å². The highest BCUT2D eigenvalue weighted by molar-refractivity contribution is 9.14. The molecule has 0 radical (unpaired) electrons. The molecule has 6 aromatic rings. The van der Waals surface area contributed by atoms with Crippen LogP contribution in [0.15, 0.2) is 104 Å². The van der Waals surface area contributed by atoms with Gasteiger partial charge in [0.1, 0.15) is 52.0 Å². The summed E-state index contributed by atoms with van der Waals surface area (Å²) in [6, 6.07) is 20.8. The Kier molecular flexibility index (Phi) is 27.8. The van der Waals surface area contributed by atoms with Crippen LogP contribution in [-0.2, 0) is 44.9 Å². The van der Waals surface area contributed by atoms with Crippen molar-refractivity contribution in [2.75, 3.05) is 93.7 Å². The molecule has 3 aromatic carbocycles. The largest absolute Gasteiger partial charge is 0.507 e. The predicted octanol–water partition coefficient (Wildman–Crippen LogP) is 8.23. The normalized spacial score (nSPS) is 18.7. The second-order valence-electron chi connectivity index (χ2n) is 29.3. The number of hydrogen-bond donors (Lipinski definition) is 8. The van der Waals surface area contributed by atoms with Gasteiger partial charge in [0.25, 0.3) is 17.7 Å². The number of aliphatic hydroxyl groups excluding tert-OH is 1. The number of phenolic OH excluding ortho intramolecular Hbond substituents is 1. The number of aromatic nitrogens is 4. The number of fused-ring (bicyclic) bond motifs is 3. The zero-order valence-corrected chi connectivity index (χ0v) is 66.5. The van der Waals surface area contributed by atoms with E-state index in [9.17, 15) is 53.4 Å². The topological polar surface area (TPSA) is 383 Å². The second kappa shape index (κ2) is 37.5. The van der Waals surface area contributed by atoms with Gasteiger partial charge in [-0.1, -0.05) is 82.6 Å². The first kappa shape index (κ1) is 81.6. The first-order valence-electron chi connectivity index (χ1n) is 37.4. The molecule has 0 unspecified atom stereocenters. The van der Waals surface area contributed by atoms with Gasteiger partial charge in [0.15, 0.2) is 11.6 Å². The van der Waals surface area contributed by atoms with Crippen LogP contribution in [0.1, 0.15) is 127 Å². The van der Waals surface area contributed by atoms with Crippen molar-refractivity contribution in [1.29, 1.82) is 0 Å². The van der Waals surface area contributed by atoms with E-state index in [2.05, 4.69) is 93.5 Å². The van der Waals surface area contributed by atoms with Crippen LogP contribution in [0.2, 0.25) is 0 Å². The summed E-state index contributed by atoms with van der Waals surface area (Å²) in [5, 5.41) is 49.0. The Hall–Kier alpha value is -9.41. The van der Waals surface area contributed by atoms with Gasteiger partial charge in [0.2, 0.25) is 29.5 Å². The summed E-state index contributed by atoms with van der Waals surface area (Å²) in [5.74, 6) is -3.12. The number of para-hydroxylation sites is 1. The molecule has 0 spiro atoms. The monoisotopic (exact) mass is 1660 g/mol. The van der Waals surface area contributed by atoms with Gasteiger partial charge in [-0.05, 0) is 167 Å². The number of benzene rings is 3. The maximum absolute atomic E-state index is 14.4. The standard InChI is InChI=1S/C77H96Br2N16O14S/c1-44(2)64(73(102)94-41-54(96)35-59(94)71(100)83-46(5)50-19-21-51(22-20-50)68-47(6)82-43-110-68)61-37-63(89-109-61)107-34-33-90-29-25-48(26-30-90)38-91-31-32-92-53(39-91)40-95(69-58(92)36-57(87-88-69)55-13-9-10-15-60(55)97)77(106)108-42-49-17-23-52(24-18-49)84-70(99)56(14-12-27-81-76(80)105)85-72(101)67(45(3)4)86-62(98)16-8-7-11-28-93-74(103)65(78)66(79)75(93)104/h9-10,13,15,17-24,36-37,43-46,48,53-54,56,59,64,67,96-97H,7-8,11-12,14,16,25-35,38-42H2,1-6H3,(H,83,100)(H,84,99)(H,85,101)(H,86,98)(H3,80,81,105)/t46-,53+,54+,56-,59-,64+,67-/m0/s1. The molecule has 10 amide bonds. The van der Waals surface area contributed by atoms with Gasteiger partial charge in [-0.15, -0.1) is 21.5 Å². The number of rotatable bonds is 32. The number of aryl methyl sites for hydroxylation is 1. The van der Waals surface area contributed by atoms with Crippen LogP contribution in [0.4, 0.5) is 26.8 Å². The molecule has 8 heterocycles. The molecule has 5 aliphatic rings. The fraction of sp³-hybridized carbons (Fsp3) is 0.494. The molecule has 0 saturated carbocycles. The van der Waals surface area contributed by atoms with Crippen molar-refractivity contribution in [3.8, 4) is 33.3 Å². The number of imide groups is 1. The minimum absolute atomic E-state index is 0.0116. The molecule has 3 fully saturated rings. The average molecular weight is 1660 g/mol. The molecule has 3 aromatic heterocycles. The van der Waals surface area contributed by atoms with E-state index in [0.29, 0.717) is 91.2 Å². The predicted molar refractivity (Wildman–Crippen MR) is 419 cm³/mol. The van der Waals surface area contributed by atoms with E-state index < -0.39 is 65.9 Å². The zero-order chi connectivity index (χ0) is 78.4. The molecule has 33 heteroatoms. The van der Waals surface area contributed by atoms with Gasteiger partial charge in [0.05, 0.1) is 52.2 Å². The fourth-order valence-corrected chi connectivity index (χ4v) is 16.3. The van der Waals surface area contributed by atoms with E-state index in [1.807, 2.05) is 63.5 Å². The van der Waals surface area contributed by atoms with Crippen LogP contribution in [0.3, 0.4) is 0 Å². The number of phenols is 1. The number of likely N-dealkylation sites (tertiary alicyclic amines) is 2. The molecule has 11 rings (SSSR count). The number of piperazine rings is 1. The number of ether oxygens (including phenoxy) is 2. The van der Waals surface area contributed by atoms with Gasteiger partial charge < -0.3 is 66.3 Å². The lowest BCUT2D eigenvalue weighted by molar-refractivity contribution is -0.141. The number of β-amino-alcohol motifs (C(OH)–C–C–N with tert-alkyl or cyclic N) is 1. The van der Waals surface area contributed by atoms with E-state index in [4.69, 9.17) is 19.7 Å². The summed E-state index contributed by atoms with van der Waals surface area (Å²) in [7, 11) is 0. The number of hydrogen-bond acceptors (Lipinski definition) is 22. The van der Waals surface area contributed by atoms with Gasteiger partial charge in [0, 0.05) is 82.5 Å². The minimum atomic E-state index is -1.10. The maximum atomic E-state index is 14.4. The van der Waals surface area contributed by atoms with E-state index in [-0.39, 0.29) is 121 Å². The van der Waals surface area contributed by atoms with Gasteiger partial charge >= 0.3 is 12.1 Å². The number of amides is 10. The number of piperidine rings is 1. The summed E-state index contributed by atoms with van der Waals surface area (Å²) in [6.07, 6.45) is 2.40. The van der Waals surface area contributed by atoms with Crippen LogP contribution in [-0.4, -0.2) is 212 Å². The second-order valence-corrected chi connectivity index (χ2v) is 31.8. The number of urea groups is 1. The van der Waals surface area contributed by atoms with E-state index >= 15 is 0 Å². The van der Waals surface area contributed by atoms with Crippen LogP contribution in [0.5, 0.6) is 11.6 Å². The van der Waals surface area contributed by atoms with Gasteiger partial charge in [-0.3, -0.25) is 53.2 Å². The highest BCUT2D eigenvalue weighted by Crippen LogP contribution is 2.41. The van der Waals surface area contributed by atoms with Crippen LogP contribution < -0.4 is 46.9 Å². The highest BCUT2D eigenvalue weighted by Gasteiger charge is 2.45. The van der Waals surface area contributed by atoms with Crippen molar-refractivity contribution in [1.82, 2.24) is 61.2 Å². The lowest BCUT2D eigenvalue weighted by Gasteiger charge is -2.48. The molecular weight excluding hydrogens is 1560 g/mol. The van der Waals surface area contributed by atoms with Crippen molar-refractivity contribution in [3.63, 3.8) is 0 Å². The molecular formula is C77H96Br2N16O14S. The van der Waals surface area contributed by atoms with Gasteiger partial charge in [-0.2, -0.15) is 0 Å². The van der Waals surface area contributed by atoms with Crippen LogP contribution in [0, 0.1) is 24.7 Å². The summed E-state index contributed by atoms with van der Waals surface area (Å²) < 4.78 is 18.3. The number of nitrogens with two attached hydrogens (primary N) is 1. The fourth-order valence-electron chi connectivity index (χ4n) is 14.7. The Balaban J connectivity index is 0.648. The Labute approximate surface area is 659 Å². The Morgan fingerprint density at radius 3 is 2.22 bits per heavy atom. The van der Waals surface area contributed by atoms with Crippen molar-refractivity contribution < 1.29 is 67.4 Å². The van der Waals surface area contributed by atoms with E-state index in [0.717, 1.165) is 65.6 Å². The highest BCUT2D eigenvalue weighted by atomic mass is 79.9. The molecule has 30 nitrogen and oxygen atoms in total. The number of carbonyl (C=O) groups is 9. The number of thiazole rings is 1. The smallest absolute Gasteiger partial charge is 0.415 e. The molecule has 0 bridgehead atoms. The number of primary amides is 1. The summed E-state index contributed by atoms with van der Waals surface area (Å²) in [6.45, 7) is 17.3. The number of unbranched alkanes of at least 4 members (excludes halogenated alkanes) is 2. The summed E-state index contributed by atoms with van der Waals surface area (Å²) >= 11 is 7.81. The first-order valence-corrected chi connectivity index (χ1v) is 39.9. The number of nitrogens with one attached hydrogen (secondary N) is 5. The van der Waals surface area contributed by atoms with Gasteiger partial charge in [-0.25, -0.2) is 14.6 Å². The Morgan fingerprint density at radius 2 is 1.53 bits per heavy atom. The summed E-state index contributed by atoms with van der Waals surface area (Å²) in [4.78, 5) is 137. The van der Waals surface area contributed by atoms with Crippen molar-refractivity contribution >= 4 is 114 Å². The molecule has 0 aliphatic carbocycles. The number of aliphatic hydroxyl groups is 1. The number of aromatic hydroxyl groups is 1. The van der Waals surface area contributed by atoms with Crippen molar-refractivity contribution in [3.05, 3.63) is 122 Å². The Morgan fingerprint density at radius 1 is 0.791 bits per heavy atom. The third-order valence-corrected chi connectivity index (χ3v) is 23.7. The number of carbonyl (C=O) groups excluding carboxylic acids is 9. The quantitative estimate of drug-likeness (QED) is 0.0145. The molecule has 3 saturated heterocycles. The third-order valence-electron chi connectivity index (χ3n) is 20.7. The van der Waals surface area contributed by atoms with E-state index in [1.165, 1.54) is 9.80 Å². The molecule has 9 N–H and O–H groups in total. The number of nitrogens with zero attached hydrogens (tertiary/aromatic N) is 10. The zero-order valence-electron chi connectivity index (χ0n) is 62.5. The lowest BCUT2D eigenvalue weighted by Crippen LogP contribution is -2.61. The molecule has 5 aliphatic heterocycles. The molecule has 110 heavy (non-hydrogen) atoms. The van der Waals surface area contributed by atoms with Crippen LogP contribution >= 0.6 is 43.2 Å². The maximum Gasteiger partial charge on any atom is 0.415 e. The third kappa shape index (κ3) is 20.4. The molecule has 7 atom stereocenters. The Bertz CT molecular complexity index is 4300. The number of anilines is 3. The van der Waals surface area contributed by atoms with Crippen LogP contribution in [0.25, 0.3) is 21.7 Å². The average Bonchev–Trinajstić information content (AvgIpc) is 0.807. The number of halogens is 2. The summed E-state index contributed by atoms with van der Waals surface area (Å²) in [5.41, 5.74) is 12.6.